The molecule has 114 valence electrons. The van der Waals surface area contributed by atoms with Crippen LogP contribution in [0.2, 0.25) is 5.02 Å². The molecule has 1 aromatic rings. The van der Waals surface area contributed by atoms with Crippen LogP contribution in [0.15, 0.2) is 22.7 Å². The molecule has 0 aliphatic carbocycles. The second kappa shape index (κ2) is 6.27. The van der Waals surface area contributed by atoms with Crippen molar-refractivity contribution in [1.82, 2.24) is 10.2 Å². The number of halogens is 2. The molecule has 1 N–H and O–H groups in total. The highest BCUT2D eigenvalue weighted by Crippen LogP contribution is 2.31. The summed E-state index contributed by atoms with van der Waals surface area (Å²) in [5.74, 6) is 0.0510. The van der Waals surface area contributed by atoms with Crippen molar-refractivity contribution in [2.24, 2.45) is 0 Å². The number of piperidine rings is 1. The maximum absolute atomic E-state index is 12.9. The van der Waals surface area contributed by atoms with Crippen molar-refractivity contribution >= 4 is 33.4 Å². The first-order valence-corrected chi connectivity index (χ1v) is 8.77. The predicted octanol–water partition coefficient (Wildman–Crippen LogP) is 3.85. The topological polar surface area (TPSA) is 32.3 Å². The number of amides is 1. The minimum atomic E-state index is 0.0510. The Morgan fingerprint density at radius 1 is 1.38 bits per heavy atom. The number of hydrogen-bond donors (Lipinski definition) is 1. The van der Waals surface area contributed by atoms with E-state index >= 15 is 0 Å². The predicted molar refractivity (Wildman–Crippen MR) is 88.8 cm³/mol. The summed E-state index contributed by atoms with van der Waals surface area (Å²) in [6.07, 6.45) is 4.60. The highest BCUT2D eigenvalue weighted by atomic mass is 79.9. The maximum atomic E-state index is 12.9. The van der Waals surface area contributed by atoms with Crippen molar-refractivity contribution in [2.45, 2.75) is 50.7 Å². The van der Waals surface area contributed by atoms with E-state index in [2.05, 4.69) is 21.2 Å². The van der Waals surface area contributed by atoms with Crippen LogP contribution < -0.4 is 5.32 Å². The zero-order valence-electron chi connectivity index (χ0n) is 12.1. The number of carbonyl (C=O) groups is 1. The summed E-state index contributed by atoms with van der Waals surface area (Å²) in [7, 11) is 0. The minimum Gasteiger partial charge on any atom is -0.336 e. The molecule has 1 aromatic carbocycles. The Balaban J connectivity index is 1.82. The molecule has 0 spiro atoms. The monoisotopic (exact) mass is 370 g/mol. The smallest absolute Gasteiger partial charge is 0.255 e. The van der Waals surface area contributed by atoms with Gasteiger partial charge >= 0.3 is 0 Å². The summed E-state index contributed by atoms with van der Waals surface area (Å²) in [5.41, 5.74) is 0.596. The molecule has 3 nitrogen and oxygen atoms in total. The Morgan fingerprint density at radius 3 is 2.67 bits per heavy atom. The van der Waals surface area contributed by atoms with Crippen molar-refractivity contribution in [1.29, 1.82) is 0 Å². The van der Waals surface area contributed by atoms with Crippen LogP contribution in [-0.2, 0) is 0 Å². The van der Waals surface area contributed by atoms with E-state index in [4.69, 9.17) is 11.6 Å². The van der Waals surface area contributed by atoms with Gasteiger partial charge in [-0.15, -0.1) is 0 Å². The Morgan fingerprint density at radius 2 is 2.05 bits per heavy atom. The van der Waals surface area contributed by atoms with Gasteiger partial charge in [0.1, 0.15) is 0 Å². The molecule has 1 amide bonds. The summed E-state index contributed by atoms with van der Waals surface area (Å²) in [6.45, 7) is 2.78. The summed E-state index contributed by atoms with van der Waals surface area (Å²) >= 11 is 9.64. The van der Waals surface area contributed by atoms with Crippen LogP contribution >= 0.6 is 27.5 Å². The van der Waals surface area contributed by atoms with Gasteiger partial charge in [-0.1, -0.05) is 27.5 Å². The molecule has 2 saturated heterocycles. The molecule has 2 aliphatic rings. The van der Waals surface area contributed by atoms with E-state index < -0.39 is 0 Å². The number of rotatable bonds is 3. The Hall–Kier alpha value is -0.580. The average molecular weight is 372 g/mol. The lowest BCUT2D eigenvalue weighted by Gasteiger charge is -2.37. The fourth-order valence-corrected chi connectivity index (χ4v) is 4.22. The average Bonchev–Trinajstić information content (AvgIpc) is 2.81. The van der Waals surface area contributed by atoms with Crippen LogP contribution in [0.25, 0.3) is 0 Å². The van der Waals surface area contributed by atoms with Crippen LogP contribution in [-0.4, -0.2) is 35.5 Å². The summed E-state index contributed by atoms with van der Waals surface area (Å²) in [5, 5.41) is 4.15. The first kappa shape index (κ1) is 15.3. The Labute approximate surface area is 139 Å². The van der Waals surface area contributed by atoms with Crippen molar-refractivity contribution in [3.05, 3.63) is 33.3 Å². The second-order valence-corrected chi connectivity index (χ2v) is 7.30. The standard InChI is InChI=1S/C16H20BrClN2O/c1-2-20(13-8-11-4-5-12(9-13)19-11)16(21)14-7-10(17)3-6-15(14)18/h3,6-7,11-13,19H,2,4-5,8-9H2,1H3. The van der Waals surface area contributed by atoms with Gasteiger partial charge in [0.2, 0.25) is 0 Å². The summed E-state index contributed by atoms with van der Waals surface area (Å²) in [6, 6.07) is 6.95. The summed E-state index contributed by atoms with van der Waals surface area (Å²) < 4.78 is 0.886. The van der Waals surface area contributed by atoms with E-state index in [1.165, 1.54) is 12.8 Å². The van der Waals surface area contributed by atoms with Crippen LogP contribution in [0.5, 0.6) is 0 Å². The third kappa shape index (κ3) is 3.13. The van der Waals surface area contributed by atoms with Crippen LogP contribution in [0, 0.1) is 0 Å². The number of nitrogens with zero attached hydrogens (tertiary/aromatic N) is 1. The van der Waals surface area contributed by atoms with Crippen molar-refractivity contribution in [3.63, 3.8) is 0 Å². The molecule has 2 bridgehead atoms. The first-order valence-electron chi connectivity index (χ1n) is 7.60. The lowest BCUT2D eigenvalue weighted by molar-refractivity contribution is 0.0631. The number of benzene rings is 1. The van der Waals surface area contributed by atoms with Crippen LogP contribution in [0.4, 0.5) is 0 Å². The summed E-state index contributed by atoms with van der Waals surface area (Å²) in [4.78, 5) is 14.9. The molecular formula is C16H20BrClN2O. The highest BCUT2D eigenvalue weighted by molar-refractivity contribution is 9.10. The van der Waals surface area contributed by atoms with E-state index in [9.17, 15) is 4.79 Å². The molecule has 2 aliphatic heterocycles. The number of hydrogen-bond acceptors (Lipinski definition) is 2. The quantitative estimate of drug-likeness (QED) is 0.875. The van der Waals surface area contributed by atoms with Gasteiger partial charge in [-0.05, 0) is 50.8 Å². The van der Waals surface area contributed by atoms with Gasteiger partial charge in [0.05, 0.1) is 10.6 Å². The molecule has 0 radical (unpaired) electrons. The fraction of sp³-hybridized carbons (Fsp3) is 0.562. The van der Waals surface area contributed by atoms with Crippen molar-refractivity contribution < 1.29 is 4.79 Å². The third-order valence-electron chi connectivity index (χ3n) is 4.65. The normalized spacial score (nSPS) is 27.7. The minimum absolute atomic E-state index is 0.0510. The van der Waals surface area contributed by atoms with E-state index in [1.54, 1.807) is 6.07 Å². The second-order valence-electron chi connectivity index (χ2n) is 5.98. The number of fused-ring (bicyclic) bond motifs is 2. The lowest BCUT2D eigenvalue weighted by atomic mass is 9.97. The zero-order chi connectivity index (χ0) is 15.0. The SMILES string of the molecule is CCN(C(=O)c1cc(Br)ccc1Cl)C1CC2CCC(C1)N2. The van der Waals surface area contributed by atoms with Gasteiger partial charge in [0.25, 0.3) is 5.91 Å². The van der Waals surface area contributed by atoms with Gasteiger partial charge < -0.3 is 10.2 Å². The number of carbonyl (C=O) groups excluding carboxylic acids is 1. The van der Waals surface area contributed by atoms with E-state index in [-0.39, 0.29) is 5.91 Å². The van der Waals surface area contributed by atoms with Gasteiger partial charge in [0.15, 0.2) is 0 Å². The first-order chi connectivity index (χ1) is 10.1. The van der Waals surface area contributed by atoms with E-state index in [0.29, 0.717) is 28.7 Å². The van der Waals surface area contributed by atoms with Gasteiger partial charge in [0, 0.05) is 29.1 Å². The molecule has 3 rings (SSSR count). The van der Waals surface area contributed by atoms with Crippen LogP contribution in [0.1, 0.15) is 43.0 Å². The van der Waals surface area contributed by atoms with E-state index in [0.717, 1.165) is 23.9 Å². The zero-order valence-corrected chi connectivity index (χ0v) is 14.5. The highest BCUT2D eigenvalue weighted by Gasteiger charge is 2.37. The fourth-order valence-electron chi connectivity index (χ4n) is 3.67. The van der Waals surface area contributed by atoms with Crippen molar-refractivity contribution in [3.8, 4) is 0 Å². The Kier molecular flexibility index (Phi) is 4.57. The largest absolute Gasteiger partial charge is 0.336 e. The van der Waals surface area contributed by atoms with Gasteiger partial charge in [-0.3, -0.25) is 4.79 Å². The molecule has 5 heteroatoms. The van der Waals surface area contributed by atoms with Gasteiger partial charge in [-0.2, -0.15) is 0 Å². The molecule has 0 saturated carbocycles. The maximum Gasteiger partial charge on any atom is 0.255 e. The third-order valence-corrected chi connectivity index (χ3v) is 5.47. The molecule has 0 aromatic heterocycles. The molecule has 2 heterocycles. The lowest BCUT2D eigenvalue weighted by Crippen LogP contribution is -2.50. The van der Waals surface area contributed by atoms with Crippen molar-refractivity contribution in [2.75, 3.05) is 6.54 Å². The van der Waals surface area contributed by atoms with Gasteiger partial charge in [-0.25, -0.2) is 0 Å². The molecule has 2 atom stereocenters. The van der Waals surface area contributed by atoms with Crippen LogP contribution in [0.3, 0.4) is 0 Å². The molecule has 2 fully saturated rings. The Bertz CT molecular complexity index is 539. The molecular weight excluding hydrogens is 352 g/mol. The molecule has 21 heavy (non-hydrogen) atoms. The van der Waals surface area contributed by atoms with E-state index in [1.807, 2.05) is 24.0 Å². The molecule has 2 unspecified atom stereocenters. The number of nitrogens with one attached hydrogen (secondary N) is 1.